The molecule has 0 aromatic carbocycles. The van der Waals surface area contributed by atoms with Gasteiger partial charge in [-0.15, -0.1) is 0 Å². The Kier molecular flexibility index (Phi) is 2.14. The molecule has 2 rings (SSSR count). The third-order valence-electron chi connectivity index (χ3n) is 3.32. The Hall–Kier alpha value is -0.0800. The molecule has 64 valence electrons. The van der Waals surface area contributed by atoms with Gasteiger partial charge in [0.15, 0.2) is 0 Å². The maximum atomic E-state index is 5.98. The van der Waals surface area contributed by atoms with E-state index in [0.29, 0.717) is 6.17 Å². The van der Waals surface area contributed by atoms with Crippen LogP contribution in [0.2, 0.25) is 0 Å². The van der Waals surface area contributed by atoms with E-state index in [4.69, 9.17) is 5.73 Å². The zero-order chi connectivity index (χ0) is 7.68. The van der Waals surface area contributed by atoms with E-state index in [-0.39, 0.29) is 0 Å². The summed E-state index contributed by atoms with van der Waals surface area (Å²) in [5.74, 6) is 1.73. The molecule has 0 spiro atoms. The van der Waals surface area contributed by atoms with Crippen LogP contribution in [0.5, 0.6) is 0 Å². The van der Waals surface area contributed by atoms with Crippen molar-refractivity contribution in [1.82, 2.24) is 5.32 Å². The molecular weight excluding hydrogens is 136 g/mol. The molecule has 2 heteroatoms. The Bertz CT molecular complexity index is 134. The summed E-state index contributed by atoms with van der Waals surface area (Å²) in [5, 5.41) is 3.36. The van der Waals surface area contributed by atoms with Gasteiger partial charge < -0.3 is 11.1 Å². The first-order valence-electron chi connectivity index (χ1n) is 4.87. The molecule has 0 radical (unpaired) electrons. The number of hydrogen-bond donors (Lipinski definition) is 2. The average Bonchev–Trinajstić information content (AvgIpc) is 2.06. The van der Waals surface area contributed by atoms with Crippen molar-refractivity contribution in [3.8, 4) is 0 Å². The Labute approximate surface area is 68.5 Å². The predicted molar refractivity (Wildman–Crippen MR) is 46.0 cm³/mol. The van der Waals surface area contributed by atoms with Crippen molar-refractivity contribution >= 4 is 0 Å². The summed E-state index contributed by atoms with van der Waals surface area (Å²) >= 11 is 0. The fourth-order valence-corrected chi connectivity index (χ4v) is 2.65. The number of piperidine rings is 1. The third kappa shape index (κ3) is 1.42. The summed E-state index contributed by atoms with van der Waals surface area (Å²) in [5.41, 5.74) is 5.98. The van der Waals surface area contributed by atoms with Gasteiger partial charge >= 0.3 is 0 Å². The van der Waals surface area contributed by atoms with Crippen LogP contribution >= 0.6 is 0 Å². The molecule has 0 aromatic heterocycles. The van der Waals surface area contributed by atoms with E-state index >= 15 is 0 Å². The molecule has 1 aliphatic heterocycles. The minimum atomic E-state index is 0.300. The molecule has 3 unspecified atom stereocenters. The van der Waals surface area contributed by atoms with Crippen LogP contribution in [0.4, 0.5) is 0 Å². The molecule has 2 nitrogen and oxygen atoms in total. The van der Waals surface area contributed by atoms with Crippen molar-refractivity contribution in [2.75, 3.05) is 6.54 Å². The van der Waals surface area contributed by atoms with Crippen LogP contribution in [0.3, 0.4) is 0 Å². The Balaban J connectivity index is 1.99. The highest BCUT2D eigenvalue weighted by atomic mass is 15.0. The summed E-state index contributed by atoms with van der Waals surface area (Å²) in [7, 11) is 0. The van der Waals surface area contributed by atoms with Gasteiger partial charge in [0.25, 0.3) is 0 Å². The van der Waals surface area contributed by atoms with E-state index in [1.165, 1.54) is 32.1 Å². The van der Waals surface area contributed by atoms with Crippen molar-refractivity contribution in [3.05, 3.63) is 0 Å². The molecule has 3 atom stereocenters. The molecule has 1 aliphatic carbocycles. The molecule has 0 bridgehead atoms. The standard InChI is InChI=1S/C9H18N2/c10-9-8-4-2-1-3-7(8)5-6-11-9/h7-9,11H,1-6,10H2. The second-order valence-electron chi connectivity index (χ2n) is 3.98. The number of nitrogens with one attached hydrogen (secondary N) is 1. The van der Waals surface area contributed by atoms with Crippen LogP contribution < -0.4 is 11.1 Å². The average molecular weight is 154 g/mol. The molecule has 2 fully saturated rings. The van der Waals surface area contributed by atoms with Crippen molar-refractivity contribution in [2.24, 2.45) is 17.6 Å². The normalized spacial score (nSPS) is 45.0. The summed E-state index contributed by atoms with van der Waals surface area (Å²) in [6.45, 7) is 1.14. The SMILES string of the molecule is NC1NCCC2CCCCC21. The maximum Gasteiger partial charge on any atom is 0.0578 e. The third-order valence-corrected chi connectivity index (χ3v) is 3.32. The highest BCUT2D eigenvalue weighted by molar-refractivity contribution is 4.86. The van der Waals surface area contributed by atoms with Gasteiger partial charge in [0.1, 0.15) is 0 Å². The second kappa shape index (κ2) is 3.11. The van der Waals surface area contributed by atoms with Crippen LogP contribution in [0.25, 0.3) is 0 Å². The lowest BCUT2D eigenvalue weighted by Gasteiger charge is -2.40. The number of fused-ring (bicyclic) bond motifs is 1. The number of nitrogens with two attached hydrogens (primary N) is 1. The van der Waals surface area contributed by atoms with Gasteiger partial charge in [-0.3, -0.25) is 0 Å². The van der Waals surface area contributed by atoms with Crippen LogP contribution in [0, 0.1) is 11.8 Å². The topological polar surface area (TPSA) is 38.0 Å². The lowest BCUT2D eigenvalue weighted by molar-refractivity contribution is 0.137. The highest BCUT2D eigenvalue weighted by Gasteiger charge is 2.32. The van der Waals surface area contributed by atoms with Gasteiger partial charge in [0.05, 0.1) is 6.17 Å². The van der Waals surface area contributed by atoms with E-state index in [1.54, 1.807) is 0 Å². The fourth-order valence-electron chi connectivity index (χ4n) is 2.65. The Morgan fingerprint density at radius 3 is 2.73 bits per heavy atom. The molecule has 1 saturated carbocycles. The smallest absolute Gasteiger partial charge is 0.0578 e. The lowest BCUT2D eigenvalue weighted by Crippen LogP contribution is -2.52. The lowest BCUT2D eigenvalue weighted by atomic mass is 9.74. The van der Waals surface area contributed by atoms with Crippen molar-refractivity contribution in [1.29, 1.82) is 0 Å². The first-order chi connectivity index (χ1) is 5.38. The fraction of sp³-hybridized carbons (Fsp3) is 1.00. The summed E-state index contributed by atoms with van der Waals surface area (Å²) in [4.78, 5) is 0. The summed E-state index contributed by atoms with van der Waals surface area (Å²) in [6, 6.07) is 0. The van der Waals surface area contributed by atoms with Gasteiger partial charge in [-0.2, -0.15) is 0 Å². The predicted octanol–water partition coefficient (Wildman–Crippen LogP) is 1.07. The van der Waals surface area contributed by atoms with Gasteiger partial charge in [0, 0.05) is 0 Å². The summed E-state index contributed by atoms with van der Waals surface area (Å²) in [6.07, 6.45) is 7.29. The van der Waals surface area contributed by atoms with Crippen LogP contribution in [-0.4, -0.2) is 12.7 Å². The van der Waals surface area contributed by atoms with Crippen molar-refractivity contribution < 1.29 is 0 Å². The van der Waals surface area contributed by atoms with Gasteiger partial charge in [-0.1, -0.05) is 19.3 Å². The minimum Gasteiger partial charge on any atom is -0.316 e. The molecule has 1 heterocycles. The first kappa shape index (κ1) is 7.56. The quantitative estimate of drug-likeness (QED) is 0.548. The van der Waals surface area contributed by atoms with Crippen molar-refractivity contribution in [3.63, 3.8) is 0 Å². The molecule has 3 N–H and O–H groups in total. The van der Waals surface area contributed by atoms with Crippen LogP contribution in [-0.2, 0) is 0 Å². The first-order valence-corrected chi connectivity index (χ1v) is 4.87. The number of hydrogen-bond acceptors (Lipinski definition) is 2. The molecule has 0 amide bonds. The molecule has 11 heavy (non-hydrogen) atoms. The van der Waals surface area contributed by atoms with E-state index in [9.17, 15) is 0 Å². The zero-order valence-electron chi connectivity index (χ0n) is 7.05. The van der Waals surface area contributed by atoms with Crippen molar-refractivity contribution in [2.45, 2.75) is 38.3 Å². The summed E-state index contributed by atoms with van der Waals surface area (Å²) < 4.78 is 0. The second-order valence-corrected chi connectivity index (χ2v) is 3.98. The molecule has 2 aliphatic rings. The molecule has 1 saturated heterocycles. The molecule has 0 aromatic rings. The Morgan fingerprint density at radius 2 is 1.91 bits per heavy atom. The molecular formula is C9H18N2. The Morgan fingerprint density at radius 1 is 1.09 bits per heavy atom. The highest BCUT2D eigenvalue weighted by Crippen LogP contribution is 2.35. The van der Waals surface area contributed by atoms with E-state index < -0.39 is 0 Å². The van der Waals surface area contributed by atoms with E-state index in [1.807, 2.05) is 0 Å². The van der Waals surface area contributed by atoms with Crippen LogP contribution in [0.15, 0.2) is 0 Å². The maximum absolute atomic E-state index is 5.98. The monoisotopic (exact) mass is 154 g/mol. The van der Waals surface area contributed by atoms with Gasteiger partial charge in [-0.05, 0) is 31.2 Å². The van der Waals surface area contributed by atoms with Crippen LogP contribution in [0.1, 0.15) is 32.1 Å². The van der Waals surface area contributed by atoms with E-state index in [2.05, 4.69) is 5.32 Å². The van der Waals surface area contributed by atoms with E-state index in [0.717, 1.165) is 18.4 Å². The largest absolute Gasteiger partial charge is 0.316 e. The zero-order valence-corrected chi connectivity index (χ0v) is 7.05. The van der Waals surface area contributed by atoms with Gasteiger partial charge in [0.2, 0.25) is 0 Å². The number of rotatable bonds is 0. The van der Waals surface area contributed by atoms with Gasteiger partial charge in [-0.25, -0.2) is 0 Å². The minimum absolute atomic E-state index is 0.300.